The van der Waals surface area contributed by atoms with E-state index in [4.69, 9.17) is 11.6 Å². The highest BCUT2D eigenvalue weighted by atomic mass is 35.5. The van der Waals surface area contributed by atoms with Gasteiger partial charge in [-0.25, -0.2) is 9.97 Å². The molecule has 1 aromatic rings. The van der Waals surface area contributed by atoms with Crippen LogP contribution in [0.3, 0.4) is 0 Å². The zero-order valence-electron chi connectivity index (χ0n) is 10.9. The van der Waals surface area contributed by atoms with Crippen LogP contribution in [0.15, 0.2) is 12.4 Å². The van der Waals surface area contributed by atoms with Crippen LogP contribution >= 0.6 is 11.6 Å². The molecule has 0 radical (unpaired) electrons. The third kappa shape index (κ3) is 4.42. The lowest BCUT2D eigenvalue weighted by atomic mass is 10.1. The maximum Gasteiger partial charge on any atom is 0.222 e. The largest absolute Gasteiger partial charge is 0.354 e. The van der Waals surface area contributed by atoms with Crippen molar-refractivity contribution < 1.29 is 0 Å². The van der Waals surface area contributed by atoms with Gasteiger partial charge in [0.15, 0.2) is 0 Å². The van der Waals surface area contributed by atoms with Crippen LogP contribution in [0.25, 0.3) is 0 Å². The smallest absolute Gasteiger partial charge is 0.222 e. The number of rotatable bonds is 5. The van der Waals surface area contributed by atoms with Crippen molar-refractivity contribution in [1.29, 1.82) is 0 Å². The molecule has 1 aliphatic rings. The topological polar surface area (TPSA) is 41.1 Å². The molecule has 4 nitrogen and oxygen atoms in total. The number of hydrogen-bond donors (Lipinski definition) is 1. The van der Waals surface area contributed by atoms with Gasteiger partial charge < -0.3 is 10.2 Å². The van der Waals surface area contributed by atoms with Crippen LogP contribution < -0.4 is 5.32 Å². The molecular formula is C13H21ClN4. The van der Waals surface area contributed by atoms with Crippen molar-refractivity contribution in [3.8, 4) is 0 Å². The number of nitrogens with one attached hydrogen (secondary N) is 1. The molecule has 1 saturated heterocycles. The first-order chi connectivity index (χ1) is 8.74. The molecule has 0 saturated carbocycles. The minimum absolute atomic E-state index is 0.571. The lowest BCUT2D eigenvalue weighted by Gasteiger charge is -2.29. The highest BCUT2D eigenvalue weighted by Gasteiger charge is 2.13. The summed E-state index contributed by atoms with van der Waals surface area (Å²) in [6.45, 7) is 6.82. The molecule has 0 bridgehead atoms. The Morgan fingerprint density at radius 1 is 1.28 bits per heavy atom. The fourth-order valence-corrected chi connectivity index (χ4v) is 2.41. The van der Waals surface area contributed by atoms with Crippen molar-refractivity contribution in [3.63, 3.8) is 0 Å². The van der Waals surface area contributed by atoms with E-state index in [1.165, 1.54) is 32.4 Å². The normalized spacial score (nSPS) is 18.6. The van der Waals surface area contributed by atoms with Crippen molar-refractivity contribution in [2.75, 3.05) is 31.5 Å². The van der Waals surface area contributed by atoms with Gasteiger partial charge >= 0.3 is 0 Å². The van der Waals surface area contributed by atoms with Crippen LogP contribution in [-0.2, 0) is 0 Å². The Hall–Kier alpha value is -0.870. The van der Waals surface area contributed by atoms with Crippen molar-refractivity contribution >= 4 is 17.5 Å². The highest BCUT2D eigenvalue weighted by Crippen LogP contribution is 2.11. The Morgan fingerprint density at radius 3 is 2.61 bits per heavy atom. The molecule has 0 aliphatic carbocycles. The van der Waals surface area contributed by atoms with Crippen LogP contribution in [0.5, 0.6) is 0 Å². The van der Waals surface area contributed by atoms with Crippen molar-refractivity contribution in [2.45, 2.75) is 26.2 Å². The molecule has 1 unspecified atom stereocenters. The van der Waals surface area contributed by atoms with E-state index in [1.807, 2.05) is 0 Å². The zero-order valence-corrected chi connectivity index (χ0v) is 11.7. The third-order valence-electron chi connectivity index (χ3n) is 3.25. The molecule has 0 aromatic carbocycles. The van der Waals surface area contributed by atoms with Gasteiger partial charge in [0.25, 0.3) is 0 Å². The highest BCUT2D eigenvalue weighted by molar-refractivity contribution is 6.30. The predicted molar refractivity (Wildman–Crippen MR) is 75.0 cm³/mol. The van der Waals surface area contributed by atoms with Crippen LogP contribution in [0.1, 0.15) is 26.2 Å². The lowest BCUT2D eigenvalue weighted by molar-refractivity contribution is 0.204. The predicted octanol–water partition coefficient (Wildman–Crippen LogP) is 2.66. The maximum absolute atomic E-state index is 5.74. The molecule has 1 fully saturated rings. The van der Waals surface area contributed by atoms with Gasteiger partial charge in [-0.15, -0.1) is 0 Å². The summed E-state index contributed by atoms with van der Waals surface area (Å²) in [4.78, 5) is 10.8. The summed E-state index contributed by atoms with van der Waals surface area (Å²) < 4.78 is 0. The SMILES string of the molecule is CC(CNc1ncc(Cl)cn1)CN1CCCCC1. The second kappa shape index (κ2) is 6.90. The second-order valence-corrected chi connectivity index (χ2v) is 5.51. The molecule has 0 spiro atoms. The minimum Gasteiger partial charge on any atom is -0.354 e. The molecule has 2 rings (SSSR count). The van der Waals surface area contributed by atoms with Crippen LogP contribution in [0.4, 0.5) is 5.95 Å². The molecule has 5 heteroatoms. The molecular weight excluding hydrogens is 248 g/mol. The van der Waals surface area contributed by atoms with E-state index in [2.05, 4.69) is 27.1 Å². The van der Waals surface area contributed by atoms with E-state index in [9.17, 15) is 0 Å². The maximum atomic E-state index is 5.74. The number of anilines is 1. The van der Waals surface area contributed by atoms with Gasteiger partial charge in [0.1, 0.15) is 0 Å². The quantitative estimate of drug-likeness (QED) is 0.891. The Bertz CT molecular complexity index is 349. The number of likely N-dealkylation sites (tertiary alicyclic amines) is 1. The summed E-state index contributed by atoms with van der Waals surface area (Å²) in [5.41, 5.74) is 0. The Balaban J connectivity index is 1.70. The summed E-state index contributed by atoms with van der Waals surface area (Å²) in [5, 5.41) is 3.82. The lowest BCUT2D eigenvalue weighted by Crippen LogP contribution is -2.35. The molecule has 1 N–H and O–H groups in total. The number of aromatic nitrogens is 2. The average Bonchev–Trinajstić information content (AvgIpc) is 2.39. The molecule has 1 atom stereocenters. The fourth-order valence-electron chi connectivity index (χ4n) is 2.32. The molecule has 18 heavy (non-hydrogen) atoms. The van der Waals surface area contributed by atoms with Crippen molar-refractivity contribution in [2.24, 2.45) is 5.92 Å². The number of hydrogen-bond acceptors (Lipinski definition) is 4. The number of piperidine rings is 1. The number of halogens is 1. The van der Waals surface area contributed by atoms with Gasteiger partial charge in [-0.2, -0.15) is 0 Å². The average molecular weight is 269 g/mol. The Kier molecular flexibility index (Phi) is 5.20. The second-order valence-electron chi connectivity index (χ2n) is 5.07. The van der Waals surface area contributed by atoms with Crippen LogP contribution in [-0.4, -0.2) is 41.0 Å². The minimum atomic E-state index is 0.571. The molecule has 2 heterocycles. The van der Waals surface area contributed by atoms with E-state index in [-0.39, 0.29) is 0 Å². The monoisotopic (exact) mass is 268 g/mol. The van der Waals surface area contributed by atoms with Gasteiger partial charge in [-0.05, 0) is 31.8 Å². The van der Waals surface area contributed by atoms with Crippen molar-refractivity contribution in [1.82, 2.24) is 14.9 Å². The molecule has 1 aliphatic heterocycles. The van der Waals surface area contributed by atoms with Gasteiger partial charge in [-0.3, -0.25) is 0 Å². The third-order valence-corrected chi connectivity index (χ3v) is 3.44. The summed E-state index contributed by atoms with van der Waals surface area (Å²) in [7, 11) is 0. The molecule has 0 amide bonds. The van der Waals surface area contributed by atoms with E-state index in [0.29, 0.717) is 16.9 Å². The van der Waals surface area contributed by atoms with Gasteiger partial charge in [0.2, 0.25) is 5.95 Å². The first kappa shape index (κ1) is 13.6. The molecule has 1 aromatic heterocycles. The van der Waals surface area contributed by atoms with Gasteiger partial charge in [0.05, 0.1) is 17.4 Å². The summed E-state index contributed by atoms with van der Waals surface area (Å²) in [6.07, 6.45) is 7.32. The van der Waals surface area contributed by atoms with Crippen molar-refractivity contribution in [3.05, 3.63) is 17.4 Å². The standard InChI is InChI=1S/C13H21ClN4/c1-11(10-18-5-3-2-4-6-18)7-15-13-16-8-12(14)9-17-13/h8-9,11H,2-7,10H2,1H3,(H,15,16,17). The van der Waals surface area contributed by atoms with Gasteiger partial charge in [-0.1, -0.05) is 24.9 Å². The van der Waals surface area contributed by atoms with E-state index >= 15 is 0 Å². The summed E-state index contributed by atoms with van der Waals surface area (Å²) in [5.74, 6) is 1.26. The Morgan fingerprint density at radius 2 is 1.94 bits per heavy atom. The van der Waals surface area contributed by atoms with Crippen LogP contribution in [0, 0.1) is 5.92 Å². The first-order valence-corrected chi connectivity index (χ1v) is 7.05. The summed E-state index contributed by atoms with van der Waals surface area (Å²) >= 11 is 5.74. The molecule has 100 valence electrons. The fraction of sp³-hybridized carbons (Fsp3) is 0.692. The van der Waals surface area contributed by atoms with E-state index in [1.54, 1.807) is 12.4 Å². The Labute approximate surface area is 114 Å². The summed E-state index contributed by atoms with van der Waals surface area (Å²) in [6, 6.07) is 0. The van der Waals surface area contributed by atoms with Gasteiger partial charge in [0, 0.05) is 13.1 Å². The van der Waals surface area contributed by atoms with E-state index < -0.39 is 0 Å². The zero-order chi connectivity index (χ0) is 12.8. The van der Waals surface area contributed by atoms with Crippen LogP contribution in [0.2, 0.25) is 5.02 Å². The number of nitrogens with zero attached hydrogens (tertiary/aromatic N) is 3. The van der Waals surface area contributed by atoms with E-state index in [0.717, 1.165) is 13.1 Å². The first-order valence-electron chi connectivity index (χ1n) is 6.68.